The maximum Gasteiger partial charge on any atom is 0.159 e. The van der Waals surface area contributed by atoms with Crippen LogP contribution in [0.25, 0.3) is 10.8 Å². The second kappa shape index (κ2) is 7.79. The molecule has 0 heterocycles. The highest BCUT2D eigenvalue weighted by atomic mass is 19.2. The first kappa shape index (κ1) is 17.0. The summed E-state index contributed by atoms with van der Waals surface area (Å²) in [5.41, 5.74) is 0.990. The van der Waals surface area contributed by atoms with Crippen molar-refractivity contribution in [1.82, 2.24) is 0 Å². The molecule has 3 aromatic carbocycles. The van der Waals surface area contributed by atoms with Crippen molar-refractivity contribution in [3.05, 3.63) is 83.9 Å². The number of rotatable bonds is 6. The van der Waals surface area contributed by atoms with Gasteiger partial charge in [0.05, 0.1) is 0 Å². The van der Waals surface area contributed by atoms with Crippen molar-refractivity contribution in [3.8, 4) is 11.5 Å². The van der Waals surface area contributed by atoms with Gasteiger partial charge in [-0.15, -0.1) is 0 Å². The molecule has 0 fully saturated rings. The zero-order valence-corrected chi connectivity index (χ0v) is 13.8. The van der Waals surface area contributed by atoms with Crippen molar-refractivity contribution in [3.63, 3.8) is 0 Å². The fourth-order valence-corrected chi connectivity index (χ4v) is 2.40. The minimum atomic E-state index is -0.863. The molecule has 0 amide bonds. The fourth-order valence-electron chi connectivity index (χ4n) is 2.40. The van der Waals surface area contributed by atoms with Crippen LogP contribution in [0.5, 0.6) is 11.5 Å². The summed E-state index contributed by atoms with van der Waals surface area (Å²) >= 11 is 0. The van der Waals surface area contributed by atoms with Gasteiger partial charge in [-0.3, -0.25) is 0 Å². The Bertz CT molecular complexity index is 886. The lowest BCUT2D eigenvalue weighted by molar-refractivity contribution is 0.306. The van der Waals surface area contributed by atoms with Gasteiger partial charge in [0, 0.05) is 0 Å². The van der Waals surface area contributed by atoms with Crippen molar-refractivity contribution in [2.24, 2.45) is 0 Å². The first-order valence-corrected chi connectivity index (χ1v) is 8.00. The van der Waals surface area contributed by atoms with E-state index >= 15 is 0 Å². The van der Waals surface area contributed by atoms with Crippen LogP contribution in [0.2, 0.25) is 0 Å². The van der Waals surface area contributed by atoms with Gasteiger partial charge >= 0.3 is 0 Å². The molecule has 0 aliphatic rings. The summed E-state index contributed by atoms with van der Waals surface area (Å²) in [6.07, 6.45) is 3.87. The molecule has 0 saturated carbocycles. The minimum Gasteiger partial charge on any atom is -0.490 e. The molecular formula is C21H18F2O2. The van der Waals surface area contributed by atoms with E-state index in [2.05, 4.69) is 0 Å². The molecule has 0 N–H and O–H groups in total. The molecule has 4 heteroatoms. The highest BCUT2D eigenvalue weighted by molar-refractivity contribution is 5.84. The van der Waals surface area contributed by atoms with E-state index in [0.29, 0.717) is 29.7 Å². The minimum absolute atomic E-state index is 0.379. The lowest BCUT2D eigenvalue weighted by Gasteiger charge is -2.09. The van der Waals surface area contributed by atoms with Gasteiger partial charge in [0.15, 0.2) is 11.6 Å². The van der Waals surface area contributed by atoms with Crippen LogP contribution in [0, 0.1) is 11.6 Å². The molecule has 25 heavy (non-hydrogen) atoms. The second-order valence-corrected chi connectivity index (χ2v) is 5.59. The van der Waals surface area contributed by atoms with Crippen LogP contribution in [-0.4, -0.2) is 6.61 Å². The smallest absolute Gasteiger partial charge is 0.159 e. The number of allylic oxidation sites excluding steroid dienone is 1. The molecule has 3 aromatic rings. The summed E-state index contributed by atoms with van der Waals surface area (Å²) in [4.78, 5) is 0. The predicted molar refractivity (Wildman–Crippen MR) is 94.9 cm³/mol. The molecule has 0 aliphatic carbocycles. The number of hydrogen-bond acceptors (Lipinski definition) is 2. The lowest BCUT2D eigenvalue weighted by atomic mass is 10.1. The second-order valence-electron chi connectivity index (χ2n) is 5.59. The van der Waals surface area contributed by atoms with Crippen molar-refractivity contribution in [1.29, 1.82) is 0 Å². The largest absolute Gasteiger partial charge is 0.490 e. The third-order valence-electron chi connectivity index (χ3n) is 3.76. The third-order valence-corrected chi connectivity index (χ3v) is 3.76. The molecule has 0 radical (unpaired) electrons. The monoisotopic (exact) mass is 340 g/mol. The van der Waals surface area contributed by atoms with Crippen molar-refractivity contribution in [2.45, 2.75) is 13.5 Å². The maximum absolute atomic E-state index is 13.3. The van der Waals surface area contributed by atoms with Crippen LogP contribution in [0.15, 0.2) is 66.7 Å². The van der Waals surface area contributed by atoms with Crippen LogP contribution in [-0.2, 0) is 6.61 Å². The Morgan fingerprint density at radius 3 is 2.20 bits per heavy atom. The summed E-state index contributed by atoms with van der Waals surface area (Å²) in [6.45, 7) is 2.87. The number of hydrogen-bond donors (Lipinski definition) is 0. The normalized spacial score (nSPS) is 11.2. The molecule has 0 aliphatic heterocycles. The fraction of sp³-hybridized carbons (Fsp3) is 0.143. The summed E-state index contributed by atoms with van der Waals surface area (Å²) in [7, 11) is 0. The van der Waals surface area contributed by atoms with E-state index in [1.165, 1.54) is 12.1 Å². The average Bonchev–Trinajstić information content (AvgIpc) is 2.62. The zero-order valence-electron chi connectivity index (χ0n) is 13.8. The van der Waals surface area contributed by atoms with Gasteiger partial charge < -0.3 is 9.47 Å². The first-order chi connectivity index (χ1) is 12.2. The lowest BCUT2D eigenvalue weighted by Crippen LogP contribution is -1.97. The Morgan fingerprint density at radius 1 is 0.800 bits per heavy atom. The Morgan fingerprint density at radius 2 is 1.48 bits per heavy atom. The van der Waals surface area contributed by atoms with Gasteiger partial charge in [0.2, 0.25) is 0 Å². The van der Waals surface area contributed by atoms with Gasteiger partial charge in [0.25, 0.3) is 0 Å². The number of halogens is 2. The van der Waals surface area contributed by atoms with Crippen molar-refractivity contribution in [2.75, 3.05) is 6.61 Å². The SMILES string of the molecule is CC=CCOc1ccc(COc2ccc3cc(F)c(F)cc3c2)cc1. The molecule has 0 aromatic heterocycles. The van der Waals surface area contributed by atoms with Crippen molar-refractivity contribution < 1.29 is 18.3 Å². The van der Waals surface area contributed by atoms with Gasteiger partial charge in [-0.05, 0) is 59.7 Å². The highest BCUT2D eigenvalue weighted by Crippen LogP contribution is 2.24. The quantitative estimate of drug-likeness (QED) is 0.540. The van der Waals surface area contributed by atoms with Gasteiger partial charge in [-0.1, -0.05) is 30.4 Å². The Labute approximate surface area is 145 Å². The third kappa shape index (κ3) is 4.35. The molecule has 0 atom stereocenters. The molecule has 3 rings (SSSR count). The first-order valence-electron chi connectivity index (χ1n) is 8.00. The predicted octanol–water partition coefficient (Wildman–Crippen LogP) is 5.65. The van der Waals surface area contributed by atoms with E-state index in [1.807, 2.05) is 43.3 Å². The Balaban J connectivity index is 1.65. The molecule has 0 unspecified atom stereocenters. The maximum atomic E-state index is 13.3. The molecule has 128 valence electrons. The topological polar surface area (TPSA) is 18.5 Å². The van der Waals surface area contributed by atoms with E-state index in [-0.39, 0.29) is 0 Å². The van der Waals surface area contributed by atoms with E-state index in [4.69, 9.17) is 9.47 Å². The van der Waals surface area contributed by atoms with Crippen LogP contribution >= 0.6 is 0 Å². The van der Waals surface area contributed by atoms with E-state index < -0.39 is 11.6 Å². The van der Waals surface area contributed by atoms with E-state index in [0.717, 1.165) is 11.3 Å². The number of benzene rings is 3. The van der Waals surface area contributed by atoms with Gasteiger partial charge in [-0.2, -0.15) is 0 Å². The summed E-state index contributed by atoms with van der Waals surface area (Å²) in [5, 5.41) is 1.23. The molecular weight excluding hydrogens is 322 g/mol. The zero-order chi connectivity index (χ0) is 17.6. The number of fused-ring (bicyclic) bond motifs is 1. The van der Waals surface area contributed by atoms with Crippen LogP contribution in [0.3, 0.4) is 0 Å². The van der Waals surface area contributed by atoms with Crippen LogP contribution < -0.4 is 9.47 Å². The summed E-state index contributed by atoms with van der Waals surface area (Å²) in [5.74, 6) is -0.312. The molecule has 2 nitrogen and oxygen atoms in total. The van der Waals surface area contributed by atoms with Crippen molar-refractivity contribution >= 4 is 10.8 Å². The number of ether oxygens (including phenoxy) is 2. The molecule has 0 spiro atoms. The Hall–Kier alpha value is -2.88. The summed E-state index contributed by atoms with van der Waals surface area (Å²) in [6, 6.07) is 15.2. The van der Waals surface area contributed by atoms with Gasteiger partial charge in [0.1, 0.15) is 24.7 Å². The standard InChI is InChI=1S/C21H18F2O2/c1-2-3-10-24-18-7-4-15(5-8-18)14-25-19-9-6-16-12-20(22)21(23)13-17(16)11-19/h2-9,11-13H,10,14H2,1H3. The summed E-state index contributed by atoms with van der Waals surface area (Å²) < 4.78 is 37.9. The van der Waals surface area contributed by atoms with Gasteiger partial charge in [-0.25, -0.2) is 8.78 Å². The van der Waals surface area contributed by atoms with Crippen LogP contribution in [0.4, 0.5) is 8.78 Å². The van der Waals surface area contributed by atoms with E-state index in [1.54, 1.807) is 18.2 Å². The average molecular weight is 340 g/mol. The molecule has 0 saturated heterocycles. The molecule has 0 bridgehead atoms. The van der Waals surface area contributed by atoms with Crippen LogP contribution in [0.1, 0.15) is 12.5 Å². The highest BCUT2D eigenvalue weighted by Gasteiger charge is 2.05. The Kier molecular flexibility index (Phi) is 5.29. The van der Waals surface area contributed by atoms with E-state index in [9.17, 15) is 8.78 Å².